The summed E-state index contributed by atoms with van der Waals surface area (Å²) in [5, 5.41) is 5.96. The standard InChI is InChI=1S/C16H20N4O2/c1-11(10-17)19-16(21)12-6-5-9-18-15(12)20-13-7-3-4-8-14(13)22-2/h3-9,11H,10,17H2,1-2H3,(H,18,20)(H,19,21)/t11-/m0/s1. The second-order valence-corrected chi connectivity index (χ2v) is 4.84. The van der Waals surface area contributed by atoms with Gasteiger partial charge < -0.3 is 21.1 Å². The van der Waals surface area contributed by atoms with Crippen molar-refractivity contribution >= 4 is 17.4 Å². The molecule has 0 aliphatic rings. The van der Waals surface area contributed by atoms with Crippen LogP contribution in [0.4, 0.5) is 11.5 Å². The van der Waals surface area contributed by atoms with Gasteiger partial charge in [0.15, 0.2) is 0 Å². The van der Waals surface area contributed by atoms with Crippen LogP contribution in [0.2, 0.25) is 0 Å². The number of methoxy groups -OCH3 is 1. The Bertz CT molecular complexity index is 646. The summed E-state index contributed by atoms with van der Waals surface area (Å²) in [6.07, 6.45) is 1.63. The summed E-state index contributed by atoms with van der Waals surface area (Å²) in [6, 6.07) is 10.8. The predicted octanol–water partition coefficient (Wildman–Crippen LogP) is 1.91. The lowest BCUT2D eigenvalue weighted by molar-refractivity contribution is 0.0942. The molecular formula is C16H20N4O2. The molecule has 116 valence electrons. The lowest BCUT2D eigenvalue weighted by atomic mass is 10.2. The van der Waals surface area contributed by atoms with Gasteiger partial charge in [-0.3, -0.25) is 4.79 Å². The molecule has 0 radical (unpaired) electrons. The molecule has 1 atom stereocenters. The monoisotopic (exact) mass is 300 g/mol. The topological polar surface area (TPSA) is 89.3 Å². The van der Waals surface area contributed by atoms with Gasteiger partial charge in [-0.1, -0.05) is 12.1 Å². The van der Waals surface area contributed by atoms with Gasteiger partial charge in [0.1, 0.15) is 11.6 Å². The Morgan fingerprint density at radius 1 is 1.32 bits per heavy atom. The van der Waals surface area contributed by atoms with Crippen LogP contribution in [0.25, 0.3) is 0 Å². The SMILES string of the molecule is COc1ccccc1Nc1ncccc1C(=O)N[C@@H](C)CN. The average molecular weight is 300 g/mol. The van der Waals surface area contributed by atoms with Gasteiger partial charge in [-0.05, 0) is 31.2 Å². The Balaban J connectivity index is 2.27. The number of aromatic nitrogens is 1. The Morgan fingerprint density at radius 3 is 2.82 bits per heavy atom. The van der Waals surface area contributed by atoms with Crippen molar-refractivity contribution in [2.45, 2.75) is 13.0 Å². The highest BCUT2D eigenvalue weighted by Crippen LogP contribution is 2.27. The van der Waals surface area contributed by atoms with Gasteiger partial charge in [0.25, 0.3) is 5.91 Å². The van der Waals surface area contributed by atoms with Crippen LogP contribution in [0, 0.1) is 0 Å². The number of nitrogens with zero attached hydrogens (tertiary/aromatic N) is 1. The average Bonchev–Trinajstić information content (AvgIpc) is 2.55. The summed E-state index contributed by atoms with van der Waals surface area (Å²) in [6.45, 7) is 2.23. The minimum absolute atomic E-state index is 0.105. The molecule has 0 bridgehead atoms. The molecule has 6 nitrogen and oxygen atoms in total. The number of pyridine rings is 1. The first-order chi connectivity index (χ1) is 10.7. The number of hydrogen-bond acceptors (Lipinski definition) is 5. The van der Waals surface area contributed by atoms with E-state index in [4.69, 9.17) is 10.5 Å². The van der Waals surface area contributed by atoms with Crippen molar-refractivity contribution in [3.05, 3.63) is 48.2 Å². The highest BCUT2D eigenvalue weighted by molar-refractivity contribution is 5.99. The van der Waals surface area contributed by atoms with E-state index in [-0.39, 0.29) is 11.9 Å². The number of carbonyl (C=O) groups is 1. The van der Waals surface area contributed by atoms with E-state index in [0.717, 1.165) is 5.69 Å². The van der Waals surface area contributed by atoms with Crippen LogP contribution < -0.4 is 21.1 Å². The Kier molecular flexibility index (Phi) is 5.32. The van der Waals surface area contributed by atoms with Crippen LogP contribution in [0.15, 0.2) is 42.6 Å². The quantitative estimate of drug-likeness (QED) is 0.758. The number of amides is 1. The molecule has 0 saturated carbocycles. The third-order valence-corrected chi connectivity index (χ3v) is 3.14. The maximum absolute atomic E-state index is 12.3. The highest BCUT2D eigenvalue weighted by Gasteiger charge is 2.15. The Hall–Kier alpha value is -2.60. The lowest BCUT2D eigenvalue weighted by Crippen LogP contribution is -2.38. The normalized spacial score (nSPS) is 11.6. The highest BCUT2D eigenvalue weighted by atomic mass is 16.5. The lowest BCUT2D eigenvalue weighted by Gasteiger charge is -2.15. The summed E-state index contributed by atoms with van der Waals surface area (Å²) in [5.74, 6) is 0.923. The van der Waals surface area contributed by atoms with E-state index in [2.05, 4.69) is 15.6 Å². The number of nitrogens with one attached hydrogen (secondary N) is 2. The fourth-order valence-corrected chi connectivity index (χ4v) is 1.92. The van der Waals surface area contributed by atoms with Gasteiger partial charge >= 0.3 is 0 Å². The molecule has 2 rings (SSSR count). The second kappa shape index (κ2) is 7.42. The summed E-state index contributed by atoms with van der Waals surface area (Å²) >= 11 is 0. The molecule has 2 aromatic rings. The van der Waals surface area contributed by atoms with E-state index < -0.39 is 0 Å². The molecule has 1 aromatic heterocycles. The zero-order valence-corrected chi connectivity index (χ0v) is 12.7. The van der Waals surface area contributed by atoms with Crippen molar-refractivity contribution in [2.75, 3.05) is 19.0 Å². The number of para-hydroxylation sites is 2. The zero-order valence-electron chi connectivity index (χ0n) is 12.7. The molecule has 0 fully saturated rings. The number of carbonyl (C=O) groups excluding carboxylic acids is 1. The Morgan fingerprint density at radius 2 is 2.09 bits per heavy atom. The van der Waals surface area contributed by atoms with Gasteiger partial charge in [-0.2, -0.15) is 0 Å². The Labute approximate surface area is 129 Å². The maximum atomic E-state index is 12.3. The van der Waals surface area contributed by atoms with Gasteiger partial charge in [-0.25, -0.2) is 4.98 Å². The number of nitrogens with two attached hydrogens (primary N) is 1. The van der Waals surface area contributed by atoms with E-state index in [1.165, 1.54) is 0 Å². The molecular weight excluding hydrogens is 280 g/mol. The van der Waals surface area contributed by atoms with Crippen LogP contribution in [0.3, 0.4) is 0 Å². The van der Waals surface area contributed by atoms with Crippen LogP contribution in [0.5, 0.6) is 5.75 Å². The van der Waals surface area contributed by atoms with Gasteiger partial charge in [0.2, 0.25) is 0 Å². The smallest absolute Gasteiger partial charge is 0.255 e. The van der Waals surface area contributed by atoms with Gasteiger partial charge in [0, 0.05) is 18.8 Å². The van der Waals surface area contributed by atoms with E-state index in [1.807, 2.05) is 31.2 Å². The maximum Gasteiger partial charge on any atom is 0.255 e. The number of rotatable bonds is 6. The summed E-state index contributed by atoms with van der Waals surface area (Å²) in [7, 11) is 1.59. The first kappa shape index (κ1) is 15.8. The van der Waals surface area contributed by atoms with Crippen molar-refractivity contribution in [3.8, 4) is 5.75 Å². The molecule has 1 aromatic carbocycles. The molecule has 1 amide bonds. The number of hydrogen-bond donors (Lipinski definition) is 3. The molecule has 4 N–H and O–H groups in total. The molecule has 0 aliphatic heterocycles. The molecule has 0 unspecified atom stereocenters. The van der Waals surface area contributed by atoms with E-state index in [0.29, 0.717) is 23.7 Å². The zero-order chi connectivity index (χ0) is 15.9. The third kappa shape index (κ3) is 3.73. The largest absolute Gasteiger partial charge is 0.495 e. The fourth-order valence-electron chi connectivity index (χ4n) is 1.92. The van der Waals surface area contributed by atoms with E-state index in [9.17, 15) is 4.79 Å². The molecule has 0 saturated heterocycles. The van der Waals surface area contributed by atoms with Crippen LogP contribution in [-0.2, 0) is 0 Å². The fraction of sp³-hybridized carbons (Fsp3) is 0.250. The van der Waals surface area contributed by atoms with Crippen molar-refractivity contribution in [3.63, 3.8) is 0 Å². The molecule has 6 heteroatoms. The number of ether oxygens (including phenoxy) is 1. The summed E-state index contributed by atoms with van der Waals surface area (Å²) in [5.41, 5.74) is 6.73. The summed E-state index contributed by atoms with van der Waals surface area (Å²) in [4.78, 5) is 16.5. The van der Waals surface area contributed by atoms with Gasteiger partial charge in [0.05, 0.1) is 18.4 Å². The van der Waals surface area contributed by atoms with Crippen LogP contribution in [0.1, 0.15) is 17.3 Å². The second-order valence-electron chi connectivity index (χ2n) is 4.84. The first-order valence-electron chi connectivity index (χ1n) is 7.01. The van der Waals surface area contributed by atoms with Crippen LogP contribution >= 0.6 is 0 Å². The predicted molar refractivity (Wildman–Crippen MR) is 86.5 cm³/mol. The molecule has 0 spiro atoms. The first-order valence-corrected chi connectivity index (χ1v) is 7.01. The minimum atomic E-state index is -0.219. The molecule has 1 heterocycles. The van der Waals surface area contributed by atoms with Crippen molar-refractivity contribution < 1.29 is 9.53 Å². The van der Waals surface area contributed by atoms with Crippen LogP contribution in [-0.4, -0.2) is 30.6 Å². The van der Waals surface area contributed by atoms with E-state index in [1.54, 1.807) is 25.4 Å². The molecule has 22 heavy (non-hydrogen) atoms. The van der Waals surface area contributed by atoms with Crippen molar-refractivity contribution in [2.24, 2.45) is 5.73 Å². The van der Waals surface area contributed by atoms with E-state index >= 15 is 0 Å². The number of anilines is 2. The summed E-state index contributed by atoms with van der Waals surface area (Å²) < 4.78 is 5.29. The van der Waals surface area contributed by atoms with Gasteiger partial charge in [-0.15, -0.1) is 0 Å². The third-order valence-electron chi connectivity index (χ3n) is 3.14. The van der Waals surface area contributed by atoms with Crippen molar-refractivity contribution in [1.29, 1.82) is 0 Å². The number of benzene rings is 1. The van der Waals surface area contributed by atoms with Crippen molar-refractivity contribution in [1.82, 2.24) is 10.3 Å². The minimum Gasteiger partial charge on any atom is -0.495 e. The molecule has 0 aliphatic carbocycles.